The van der Waals surface area contributed by atoms with Gasteiger partial charge >= 0.3 is 0 Å². The third kappa shape index (κ3) is 2.83. The minimum Gasteiger partial charge on any atom is -0.497 e. The summed E-state index contributed by atoms with van der Waals surface area (Å²) < 4.78 is 18.1. The van der Waals surface area contributed by atoms with E-state index in [-0.39, 0.29) is 16.4 Å². The average molecular weight is 347 g/mol. The van der Waals surface area contributed by atoms with Crippen molar-refractivity contribution in [3.05, 3.63) is 65.1 Å². The number of methoxy groups -OCH3 is 1. The van der Waals surface area contributed by atoms with Gasteiger partial charge in [0.2, 0.25) is 0 Å². The van der Waals surface area contributed by atoms with Crippen LogP contribution in [-0.2, 0) is 9.59 Å². The first-order valence-corrected chi connectivity index (χ1v) is 7.34. The Balaban J connectivity index is 1.87. The molecule has 0 bridgehead atoms. The Morgan fingerprint density at radius 2 is 1.62 bits per heavy atom. The lowest BCUT2D eigenvalue weighted by Gasteiger charge is -2.15. The highest BCUT2D eigenvalue weighted by Crippen LogP contribution is 2.30. The Morgan fingerprint density at radius 3 is 2.21 bits per heavy atom. The zero-order valence-corrected chi connectivity index (χ0v) is 13.3. The molecule has 1 heterocycles. The molecule has 0 spiro atoms. The number of imide groups is 1. The highest BCUT2D eigenvalue weighted by atomic mass is 35.5. The lowest BCUT2D eigenvalue weighted by atomic mass is 10.2. The molecular weight excluding hydrogens is 335 g/mol. The number of benzene rings is 2. The van der Waals surface area contributed by atoms with Gasteiger partial charge in [-0.05, 0) is 48.5 Å². The first-order valence-electron chi connectivity index (χ1n) is 6.96. The molecule has 1 N–H and O–H groups in total. The van der Waals surface area contributed by atoms with Crippen LogP contribution in [0, 0.1) is 5.82 Å². The maximum atomic E-state index is 13.0. The fourth-order valence-electron chi connectivity index (χ4n) is 2.25. The molecule has 2 aromatic carbocycles. The highest BCUT2D eigenvalue weighted by Gasteiger charge is 2.38. The Kier molecular flexibility index (Phi) is 4.22. The van der Waals surface area contributed by atoms with E-state index < -0.39 is 17.6 Å². The monoisotopic (exact) mass is 346 g/mol. The third-order valence-corrected chi connectivity index (χ3v) is 3.82. The third-order valence-electron chi connectivity index (χ3n) is 3.47. The molecule has 0 saturated heterocycles. The van der Waals surface area contributed by atoms with E-state index in [1.165, 1.54) is 24.3 Å². The minimum absolute atomic E-state index is 0.0313. The average Bonchev–Trinajstić information content (AvgIpc) is 2.80. The van der Waals surface area contributed by atoms with Crippen molar-refractivity contribution in [2.24, 2.45) is 0 Å². The zero-order chi connectivity index (χ0) is 17.3. The second kappa shape index (κ2) is 6.33. The van der Waals surface area contributed by atoms with Crippen molar-refractivity contribution in [3.63, 3.8) is 0 Å². The van der Waals surface area contributed by atoms with E-state index in [0.29, 0.717) is 11.4 Å². The fraction of sp³-hybridized carbons (Fsp3) is 0.0588. The van der Waals surface area contributed by atoms with Crippen LogP contribution in [0.25, 0.3) is 0 Å². The van der Waals surface area contributed by atoms with E-state index in [4.69, 9.17) is 16.3 Å². The van der Waals surface area contributed by atoms with Gasteiger partial charge in [0.1, 0.15) is 22.3 Å². The Hall–Kier alpha value is -2.86. The van der Waals surface area contributed by atoms with Gasteiger partial charge in [-0.1, -0.05) is 11.6 Å². The standard InChI is InChI=1S/C17H12ClFN2O3/c1-24-13-8-4-11(5-9-13)20-15-14(18)16(22)21(17(15)23)12-6-2-10(19)3-7-12/h2-9,20H,1H3. The van der Waals surface area contributed by atoms with Gasteiger partial charge in [-0.3, -0.25) is 9.59 Å². The Labute approximate surface area is 142 Å². The molecule has 0 fully saturated rings. The number of carbonyl (C=O) groups is 2. The lowest BCUT2D eigenvalue weighted by Crippen LogP contribution is -2.32. The van der Waals surface area contributed by atoms with Crippen molar-refractivity contribution >= 4 is 34.8 Å². The van der Waals surface area contributed by atoms with Crippen LogP contribution in [0.3, 0.4) is 0 Å². The summed E-state index contributed by atoms with van der Waals surface area (Å²) in [5, 5.41) is 2.62. The molecule has 0 radical (unpaired) electrons. The predicted molar refractivity (Wildman–Crippen MR) is 88.4 cm³/mol. The molecule has 7 heteroatoms. The van der Waals surface area contributed by atoms with Crippen molar-refractivity contribution in [1.82, 2.24) is 0 Å². The van der Waals surface area contributed by atoms with Crippen LogP contribution in [0.15, 0.2) is 59.3 Å². The summed E-state index contributed by atoms with van der Waals surface area (Å²) >= 11 is 6.01. The number of nitrogens with one attached hydrogen (secondary N) is 1. The SMILES string of the molecule is COc1ccc(NC2=C(Cl)C(=O)N(c3ccc(F)cc3)C2=O)cc1. The molecule has 5 nitrogen and oxygen atoms in total. The van der Waals surface area contributed by atoms with Crippen LogP contribution >= 0.6 is 11.6 Å². The summed E-state index contributed by atoms with van der Waals surface area (Å²) in [5.74, 6) is -1.08. The van der Waals surface area contributed by atoms with Crippen LogP contribution in [0.5, 0.6) is 5.75 Å². The number of hydrogen-bond acceptors (Lipinski definition) is 4. The molecule has 122 valence electrons. The fourth-order valence-corrected chi connectivity index (χ4v) is 2.47. The first-order chi connectivity index (χ1) is 11.5. The largest absolute Gasteiger partial charge is 0.497 e. The number of ether oxygens (including phenoxy) is 1. The van der Waals surface area contributed by atoms with Gasteiger partial charge < -0.3 is 10.1 Å². The number of halogens is 2. The Bertz CT molecular complexity index is 832. The van der Waals surface area contributed by atoms with E-state index in [2.05, 4.69) is 5.32 Å². The molecular formula is C17H12ClFN2O3. The highest BCUT2D eigenvalue weighted by molar-refractivity contribution is 6.53. The molecule has 24 heavy (non-hydrogen) atoms. The molecule has 3 rings (SSSR count). The van der Waals surface area contributed by atoms with Crippen LogP contribution in [0.2, 0.25) is 0 Å². The number of anilines is 2. The van der Waals surface area contributed by atoms with Gasteiger partial charge in [0.25, 0.3) is 11.8 Å². The van der Waals surface area contributed by atoms with Gasteiger partial charge in [0.15, 0.2) is 0 Å². The molecule has 2 amide bonds. The molecule has 0 aromatic heterocycles. The first kappa shape index (κ1) is 16.0. The lowest BCUT2D eigenvalue weighted by molar-refractivity contribution is -0.120. The van der Waals surface area contributed by atoms with E-state index in [1.54, 1.807) is 31.4 Å². The molecule has 0 aliphatic carbocycles. The van der Waals surface area contributed by atoms with Crippen LogP contribution in [-0.4, -0.2) is 18.9 Å². The predicted octanol–water partition coefficient (Wildman–Crippen LogP) is 3.27. The summed E-state index contributed by atoms with van der Waals surface area (Å²) in [6.45, 7) is 0. The van der Waals surface area contributed by atoms with Gasteiger partial charge in [0, 0.05) is 5.69 Å². The minimum atomic E-state index is -0.663. The normalized spacial score (nSPS) is 14.4. The quantitative estimate of drug-likeness (QED) is 0.863. The maximum absolute atomic E-state index is 13.0. The number of rotatable bonds is 4. The number of nitrogens with zero attached hydrogens (tertiary/aromatic N) is 1. The van der Waals surface area contributed by atoms with Crippen molar-refractivity contribution in [2.45, 2.75) is 0 Å². The van der Waals surface area contributed by atoms with E-state index >= 15 is 0 Å². The summed E-state index contributed by atoms with van der Waals surface area (Å²) in [6.07, 6.45) is 0. The van der Waals surface area contributed by atoms with E-state index in [9.17, 15) is 14.0 Å². The second-order valence-electron chi connectivity index (χ2n) is 4.96. The summed E-state index contributed by atoms with van der Waals surface area (Å²) in [5.41, 5.74) is 0.790. The summed E-state index contributed by atoms with van der Waals surface area (Å²) in [7, 11) is 1.54. The molecule has 0 unspecified atom stereocenters. The van der Waals surface area contributed by atoms with Crippen molar-refractivity contribution in [1.29, 1.82) is 0 Å². The van der Waals surface area contributed by atoms with Crippen LogP contribution in [0.4, 0.5) is 15.8 Å². The smallest absolute Gasteiger partial charge is 0.283 e. The summed E-state index contributed by atoms with van der Waals surface area (Å²) in [6, 6.07) is 11.8. The zero-order valence-electron chi connectivity index (χ0n) is 12.5. The maximum Gasteiger partial charge on any atom is 0.283 e. The second-order valence-corrected chi connectivity index (χ2v) is 5.34. The van der Waals surface area contributed by atoms with E-state index in [0.717, 1.165) is 4.90 Å². The number of carbonyl (C=O) groups excluding carboxylic acids is 2. The van der Waals surface area contributed by atoms with Crippen LogP contribution < -0.4 is 15.0 Å². The van der Waals surface area contributed by atoms with E-state index in [1.807, 2.05) is 0 Å². The molecule has 2 aromatic rings. The summed E-state index contributed by atoms with van der Waals surface area (Å²) in [4.78, 5) is 25.7. The Morgan fingerprint density at radius 1 is 1.00 bits per heavy atom. The van der Waals surface area contributed by atoms with Crippen molar-refractivity contribution in [3.8, 4) is 5.75 Å². The van der Waals surface area contributed by atoms with Gasteiger partial charge in [0.05, 0.1) is 12.8 Å². The van der Waals surface area contributed by atoms with Crippen molar-refractivity contribution in [2.75, 3.05) is 17.3 Å². The number of amides is 2. The van der Waals surface area contributed by atoms with Gasteiger partial charge in [-0.15, -0.1) is 0 Å². The van der Waals surface area contributed by atoms with Crippen molar-refractivity contribution < 1.29 is 18.7 Å². The van der Waals surface area contributed by atoms with Crippen LogP contribution in [0.1, 0.15) is 0 Å². The molecule has 0 atom stereocenters. The molecule has 1 aliphatic rings. The van der Waals surface area contributed by atoms with Gasteiger partial charge in [-0.25, -0.2) is 9.29 Å². The van der Waals surface area contributed by atoms with Gasteiger partial charge in [-0.2, -0.15) is 0 Å². The molecule has 1 aliphatic heterocycles. The molecule has 0 saturated carbocycles. The topological polar surface area (TPSA) is 58.6 Å². The number of hydrogen-bond donors (Lipinski definition) is 1.